The first-order chi connectivity index (χ1) is 9.38. The summed E-state index contributed by atoms with van der Waals surface area (Å²) in [4.78, 5) is 29.4. The van der Waals surface area contributed by atoms with Gasteiger partial charge in [-0.25, -0.2) is 14.2 Å². The van der Waals surface area contributed by atoms with Gasteiger partial charge in [0.1, 0.15) is 5.56 Å². The molecule has 0 radical (unpaired) electrons. The number of hydrogen-bond acceptors (Lipinski definition) is 4. The highest BCUT2D eigenvalue weighted by Gasteiger charge is 2.21. The van der Waals surface area contributed by atoms with Crippen molar-refractivity contribution in [1.29, 1.82) is 0 Å². The molecule has 1 heterocycles. The number of aromatic nitrogens is 1. The van der Waals surface area contributed by atoms with E-state index in [9.17, 15) is 14.0 Å². The van der Waals surface area contributed by atoms with E-state index in [1.54, 1.807) is 14.1 Å². The quantitative estimate of drug-likeness (QED) is 0.850. The molecule has 0 aliphatic carbocycles. The highest BCUT2D eigenvalue weighted by atomic mass is 19.1. The number of pyridine rings is 1. The second-order valence-electron chi connectivity index (χ2n) is 4.51. The molecule has 0 saturated carbocycles. The van der Waals surface area contributed by atoms with Crippen molar-refractivity contribution in [3.63, 3.8) is 0 Å². The summed E-state index contributed by atoms with van der Waals surface area (Å²) in [5.41, 5.74) is -0.451. The number of carbonyl (C=O) groups excluding carboxylic acids is 1. The molecule has 6 nitrogen and oxygen atoms in total. The molecule has 1 amide bonds. The van der Waals surface area contributed by atoms with Gasteiger partial charge in [-0.05, 0) is 12.5 Å². The van der Waals surface area contributed by atoms with E-state index in [2.05, 4.69) is 4.98 Å². The Morgan fingerprint density at radius 3 is 2.55 bits per heavy atom. The van der Waals surface area contributed by atoms with E-state index in [0.29, 0.717) is 13.0 Å². The molecule has 0 unspecified atom stereocenters. The summed E-state index contributed by atoms with van der Waals surface area (Å²) < 4.78 is 14.1. The third-order valence-electron chi connectivity index (χ3n) is 2.72. The van der Waals surface area contributed by atoms with Crippen molar-refractivity contribution in [3.05, 3.63) is 23.6 Å². The lowest BCUT2D eigenvalue weighted by Crippen LogP contribution is -2.38. The maximum absolute atomic E-state index is 14.1. The molecule has 1 aromatic rings. The number of hydrogen-bond donors (Lipinski definition) is 1. The van der Waals surface area contributed by atoms with Crippen molar-refractivity contribution in [2.24, 2.45) is 0 Å². The number of amides is 1. The van der Waals surface area contributed by atoms with Gasteiger partial charge in [0.2, 0.25) is 5.91 Å². The molecule has 20 heavy (non-hydrogen) atoms. The third kappa shape index (κ3) is 3.66. The van der Waals surface area contributed by atoms with Crippen LogP contribution in [0.1, 0.15) is 23.7 Å². The van der Waals surface area contributed by atoms with Crippen molar-refractivity contribution >= 4 is 17.7 Å². The second kappa shape index (κ2) is 6.83. The van der Waals surface area contributed by atoms with Crippen molar-refractivity contribution < 1.29 is 19.1 Å². The number of anilines is 1. The maximum Gasteiger partial charge on any atom is 0.338 e. The van der Waals surface area contributed by atoms with Crippen molar-refractivity contribution in [1.82, 2.24) is 9.88 Å². The fourth-order valence-electron chi connectivity index (χ4n) is 1.65. The zero-order valence-corrected chi connectivity index (χ0v) is 11.8. The minimum absolute atomic E-state index is 0.0478. The lowest BCUT2D eigenvalue weighted by Gasteiger charge is -2.24. The van der Waals surface area contributed by atoms with E-state index in [1.165, 1.54) is 16.0 Å². The van der Waals surface area contributed by atoms with Gasteiger partial charge in [0.15, 0.2) is 11.6 Å². The van der Waals surface area contributed by atoms with Gasteiger partial charge in [-0.15, -0.1) is 0 Å². The normalized spacial score (nSPS) is 10.2. The fraction of sp³-hybridized carbons (Fsp3) is 0.462. The van der Waals surface area contributed by atoms with Gasteiger partial charge in [-0.2, -0.15) is 0 Å². The van der Waals surface area contributed by atoms with E-state index in [4.69, 9.17) is 5.11 Å². The van der Waals surface area contributed by atoms with Crippen LogP contribution in [0.5, 0.6) is 0 Å². The zero-order valence-electron chi connectivity index (χ0n) is 11.8. The van der Waals surface area contributed by atoms with E-state index < -0.39 is 17.3 Å². The molecule has 0 fully saturated rings. The van der Waals surface area contributed by atoms with Gasteiger partial charge in [0, 0.05) is 26.8 Å². The lowest BCUT2D eigenvalue weighted by molar-refractivity contribution is -0.127. The summed E-state index contributed by atoms with van der Waals surface area (Å²) in [6, 6.07) is 1.10. The van der Waals surface area contributed by atoms with Crippen LogP contribution in [0.4, 0.5) is 10.2 Å². The predicted molar refractivity (Wildman–Crippen MR) is 72.4 cm³/mol. The van der Waals surface area contributed by atoms with Crippen LogP contribution in [0.15, 0.2) is 12.3 Å². The van der Waals surface area contributed by atoms with Crippen LogP contribution in [0, 0.1) is 5.82 Å². The summed E-state index contributed by atoms with van der Waals surface area (Å²) >= 11 is 0. The molecule has 1 rings (SSSR count). The average molecular weight is 283 g/mol. The molecule has 0 aliphatic heterocycles. The molecule has 7 heteroatoms. The summed E-state index contributed by atoms with van der Waals surface area (Å²) in [7, 11) is 3.20. The van der Waals surface area contributed by atoms with Crippen LogP contribution in [0.25, 0.3) is 0 Å². The summed E-state index contributed by atoms with van der Waals surface area (Å²) in [6.07, 6.45) is 1.91. The fourth-order valence-corrected chi connectivity index (χ4v) is 1.65. The number of likely N-dealkylation sites (N-methyl/N-ethyl adjacent to an activating group) is 1. The topological polar surface area (TPSA) is 73.7 Å². The molecule has 0 atom stereocenters. The average Bonchev–Trinajstić information content (AvgIpc) is 2.38. The Morgan fingerprint density at radius 1 is 1.40 bits per heavy atom. The summed E-state index contributed by atoms with van der Waals surface area (Å²) in [5.74, 6) is -2.59. The summed E-state index contributed by atoms with van der Waals surface area (Å²) in [6.45, 7) is 2.24. The lowest BCUT2D eigenvalue weighted by atomic mass is 10.2. The third-order valence-corrected chi connectivity index (χ3v) is 2.72. The Balaban J connectivity index is 3.12. The predicted octanol–water partition coefficient (Wildman–Crippen LogP) is 1.22. The van der Waals surface area contributed by atoms with E-state index >= 15 is 0 Å². The smallest absolute Gasteiger partial charge is 0.338 e. The van der Waals surface area contributed by atoms with Gasteiger partial charge in [-0.1, -0.05) is 6.92 Å². The first-order valence-corrected chi connectivity index (χ1v) is 6.21. The van der Waals surface area contributed by atoms with Gasteiger partial charge < -0.3 is 14.9 Å². The number of carboxylic acids is 1. The first-order valence-electron chi connectivity index (χ1n) is 6.21. The molecule has 0 saturated heterocycles. The maximum atomic E-state index is 14.1. The number of aromatic carboxylic acids is 1. The second-order valence-corrected chi connectivity index (χ2v) is 4.51. The Kier molecular flexibility index (Phi) is 5.42. The van der Waals surface area contributed by atoms with Crippen LogP contribution in [-0.4, -0.2) is 54.1 Å². The van der Waals surface area contributed by atoms with E-state index in [1.807, 2.05) is 6.92 Å². The summed E-state index contributed by atoms with van der Waals surface area (Å²) in [5, 5.41) is 8.91. The largest absolute Gasteiger partial charge is 0.478 e. The number of nitrogens with zero attached hydrogens (tertiary/aromatic N) is 3. The molecule has 0 aromatic carbocycles. The van der Waals surface area contributed by atoms with Gasteiger partial charge >= 0.3 is 5.97 Å². The molecule has 0 spiro atoms. The van der Waals surface area contributed by atoms with E-state index in [-0.39, 0.29) is 18.3 Å². The van der Waals surface area contributed by atoms with Crippen LogP contribution >= 0.6 is 0 Å². The number of carbonyl (C=O) groups is 2. The Hall–Kier alpha value is -2.18. The number of carboxylic acid groups (broad SMARTS) is 1. The molecular weight excluding hydrogens is 265 g/mol. The van der Waals surface area contributed by atoms with Crippen LogP contribution < -0.4 is 4.90 Å². The number of rotatable bonds is 6. The standard InChI is InChI=1S/C13H18FN3O3/c1-4-7-17(8-10(18)16(2)3)12-11(14)9(13(19)20)5-6-15-12/h5-6H,4,7-8H2,1-3H3,(H,19,20). The highest BCUT2D eigenvalue weighted by molar-refractivity contribution is 5.89. The Morgan fingerprint density at radius 2 is 2.05 bits per heavy atom. The van der Waals surface area contributed by atoms with Gasteiger partial charge in [0.25, 0.3) is 0 Å². The van der Waals surface area contributed by atoms with Gasteiger partial charge in [0.05, 0.1) is 6.54 Å². The SMILES string of the molecule is CCCN(CC(=O)N(C)C)c1nccc(C(=O)O)c1F. The molecule has 0 aliphatic rings. The number of halogens is 1. The molecular formula is C13H18FN3O3. The molecule has 0 bridgehead atoms. The zero-order chi connectivity index (χ0) is 15.3. The highest BCUT2D eigenvalue weighted by Crippen LogP contribution is 2.19. The molecule has 1 N–H and O–H groups in total. The van der Waals surface area contributed by atoms with Crippen LogP contribution in [-0.2, 0) is 4.79 Å². The first kappa shape index (κ1) is 15.9. The van der Waals surface area contributed by atoms with Crippen molar-refractivity contribution in [2.75, 3.05) is 32.1 Å². The van der Waals surface area contributed by atoms with Crippen molar-refractivity contribution in [3.8, 4) is 0 Å². The van der Waals surface area contributed by atoms with E-state index in [0.717, 1.165) is 6.07 Å². The van der Waals surface area contributed by atoms with Crippen molar-refractivity contribution in [2.45, 2.75) is 13.3 Å². The molecule has 110 valence electrons. The Labute approximate surface area is 116 Å². The minimum atomic E-state index is -1.36. The van der Waals surface area contributed by atoms with Crippen LogP contribution in [0.2, 0.25) is 0 Å². The molecule has 1 aromatic heterocycles. The van der Waals surface area contributed by atoms with Crippen LogP contribution in [0.3, 0.4) is 0 Å². The minimum Gasteiger partial charge on any atom is -0.478 e. The monoisotopic (exact) mass is 283 g/mol. The Bertz CT molecular complexity index is 506. The van der Waals surface area contributed by atoms with Gasteiger partial charge in [-0.3, -0.25) is 4.79 Å².